The van der Waals surface area contributed by atoms with Gasteiger partial charge < -0.3 is 10.2 Å². The van der Waals surface area contributed by atoms with Crippen molar-refractivity contribution in [2.45, 2.75) is 12.3 Å². The summed E-state index contributed by atoms with van der Waals surface area (Å²) in [7, 11) is 0. The van der Waals surface area contributed by atoms with Crippen LogP contribution in [0.5, 0.6) is 0 Å². The van der Waals surface area contributed by atoms with Crippen molar-refractivity contribution in [3.05, 3.63) is 41.5 Å². The molecule has 0 aliphatic carbocycles. The summed E-state index contributed by atoms with van der Waals surface area (Å²) >= 11 is 6.10. The van der Waals surface area contributed by atoms with Crippen molar-refractivity contribution >= 4 is 35.4 Å². The Bertz CT molecular complexity index is 550. The molecule has 2 unspecified atom stereocenters. The molecule has 106 valence electrons. The summed E-state index contributed by atoms with van der Waals surface area (Å²) in [6, 6.07) is 6.47. The number of aliphatic carboxylic acids is 2. The zero-order chi connectivity index (χ0) is 15.3. The lowest BCUT2D eigenvalue weighted by Gasteiger charge is -2.18. The zero-order valence-corrected chi connectivity index (χ0v) is 11.4. The van der Waals surface area contributed by atoms with Crippen molar-refractivity contribution in [3.63, 3.8) is 0 Å². The minimum absolute atomic E-state index is 0.397. The topological polar surface area (TPSA) is 91.7 Å². The van der Waals surface area contributed by atoms with E-state index in [0.29, 0.717) is 11.1 Å². The van der Waals surface area contributed by atoms with E-state index in [1.54, 1.807) is 24.3 Å². The van der Waals surface area contributed by atoms with Crippen molar-refractivity contribution in [2.24, 2.45) is 5.92 Å². The number of Topliss-reactive ketones (excluding diaryl/α,β-unsaturated/α-hetero) is 1. The molecule has 0 aliphatic heterocycles. The van der Waals surface area contributed by atoms with Crippen LogP contribution in [-0.4, -0.2) is 27.9 Å². The lowest BCUT2D eigenvalue weighted by atomic mass is 9.92. The summed E-state index contributed by atoms with van der Waals surface area (Å²) in [5, 5.41) is 16.6. The highest BCUT2D eigenvalue weighted by Gasteiger charge is 2.32. The summed E-state index contributed by atoms with van der Waals surface area (Å²) in [4.78, 5) is 33.1. The predicted octanol–water partition coefficient (Wildman–Crippen LogP) is 2.35. The van der Waals surface area contributed by atoms with Crippen LogP contribution in [0.2, 0.25) is 0 Å². The van der Waals surface area contributed by atoms with Gasteiger partial charge in [-0.25, -0.2) is 4.79 Å². The number of carboxylic acids is 2. The molecule has 0 fully saturated rings. The minimum atomic E-state index is -1.38. The number of carbonyl (C=O) groups excluding carboxylic acids is 1. The maximum Gasteiger partial charge on any atom is 0.328 e. The summed E-state index contributed by atoms with van der Waals surface area (Å²) in [6.07, 6.45) is 2.23. The van der Waals surface area contributed by atoms with Crippen LogP contribution in [0.3, 0.4) is 0 Å². The molecule has 0 heterocycles. The first-order valence-corrected chi connectivity index (χ1v) is 6.15. The molecule has 1 aromatic carbocycles. The van der Waals surface area contributed by atoms with Crippen LogP contribution in [0.1, 0.15) is 23.4 Å². The Morgan fingerprint density at radius 3 is 2.30 bits per heavy atom. The fourth-order valence-electron chi connectivity index (χ4n) is 1.76. The van der Waals surface area contributed by atoms with Gasteiger partial charge in [0.25, 0.3) is 0 Å². The zero-order valence-electron chi connectivity index (χ0n) is 10.6. The normalized spacial score (nSPS) is 13.9. The van der Waals surface area contributed by atoms with Gasteiger partial charge in [0.05, 0.1) is 5.38 Å². The van der Waals surface area contributed by atoms with Crippen LogP contribution in [0.25, 0.3) is 6.08 Å². The van der Waals surface area contributed by atoms with E-state index in [-0.39, 0.29) is 0 Å². The number of carboxylic acid groups (broad SMARTS) is 2. The van der Waals surface area contributed by atoms with Crippen LogP contribution in [0, 0.1) is 5.92 Å². The van der Waals surface area contributed by atoms with Gasteiger partial charge >= 0.3 is 11.9 Å². The van der Waals surface area contributed by atoms with Gasteiger partial charge in [-0.3, -0.25) is 9.59 Å². The van der Waals surface area contributed by atoms with Gasteiger partial charge in [0.15, 0.2) is 0 Å². The van der Waals surface area contributed by atoms with Gasteiger partial charge in [-0.1, -0.05) is 24.3 Å². The minimum Gasteiger partial charge on any atom is -0.481 e. The molecule has 1 aromatic rings. The molecule has 2 N–H and O–H groups in total. The second kappa shape index (κ2) is 6.86. The molecule has 5 nitrogen and oxygen atoms in total. The molecular formula is C14H13ClO5. The largest absolute Gasteiger partial charge is 0.481 e. The van der Waals surface area contributed by atoms with E-state index in [2.05, 4.69) is 0 Å². The van der Waals surface area contributed by atoms with E-state index < -0.39 is 29.0 Å². The van der Waals surface area contributed by atoms with Crippen LogP contribution < -0.4 is 0 Å². The Labute approximate surface area is 120 Å². The second-order valence-corrected chi connectivity index (χ2v) is 4.60. The van der Waals surface area contributed by atoms with Gasteiger partial charge in [0.2, 0.25) is 0 Å². The maximum absolute atomic E-state index is 11.4. The summed E-state index contributed by atoms with van der Waals surface area (Å²) < 4.78 is 0. The lowest BCUT2D eigenvalue weighted by Crippen LogP contribution is -2.26. The number of hydrogen-bond acceptors (Lipinski definition) is 3. The third kappa shape index (κ3) is 3.93. The van der Waals surface area contributed by atoms with Crippen LogP contribution in [-0.2, 0) is 14.4 Å². The lowest BCUT2D eigenvalue weighted by molar-refractivity contribution is -0.145. The van der Waals surface area contributed by atoms with Gasteiger partial charge in [-0.15, -0.1) is 11.6 Å². The smallest absolute Gasteiger partial charge is 0.328 e. The molecule has 0 radical (unpaired) electrons. The monoisotopic (exact) mass is 296 g/mol. The van der Waals surface area contributed by atoms with Gasteiger partial charge in [0.1, 0.15) is 11.7 Å². The predicted molar refractivity (Wildman–Crippen MR) is 73.5 cm³/mol. The Morgan fingerprint density at radius 1 is 1.20 bits per heavy atom. The number of carbonyl (C=O) groups is 3. The van der Waals surface area contributed by atoms with Crippen LogP contribution >= 0.6 is 11.6 Å². The number of alkyl halides is 1. The van der Waals surface area contributed by atoms with Crippen LogP contribution in [0.4, 0.5) is 0 Å². The molecule has 0 aromatic heterocycles. The first-order valence-electron chi connectivity index (χ1n) is 5.72. The summed E-state index contributed by atoms with van der Waals surface area (Å²) in [5.41, 5.74) is 0.858. The Hall–Kier alpha value is -2.14. The highest BCUT2D eigenvalue weighted by molar-refractivity contribution is 6.24. The molecule has 0 spiro atoms. The molecule has 2 atom stereocenters. The quantitative estimate of drug-likeness (QED) is 0.477. The molecule has 6 heteroatoms. The maximum atomic E-state index is 11.4. The van der Waals surface area contributed by atoms with E-state index in [4.69, 9.17) is 21.8 Å². The van der Waals surface area contributed by atoms with Gasteiger partial charge in [-0.05, 0) is 24.1 Å². The second-order valence-electron chi connectivity index (χ2n) is 4.13. The molecule has 0 saturated carbocycles. The first kappa shape index (κ1) is 15.9. The van der Waals surface area contributed by atoms with Crippen molar-refractivity contribution in [1.29, 1.82) is 0 Å². The molecule has 1 rings (SSSR count). The van der Waals surface area contributed by atoms with Gasteiger partial charge in [-0.2, -0.15) is 0 Å². The van der Waals surface area contributed by atoms with E-state index in [1.807, 2.05) is 0 Å². The summed E-state index contributed by atoms with van der Waals surface area (Å²) in [5.74, 6) is -4.38. The Kier molecular flexibility index (Phi) is 5.46. The van der Waals surface area contributed by atoms with Gasteiger partial charge in [0, 0.05) is 6.08 Å². The highest BCUT2D eigenvalue weighted by Crippen LogP contribution is 2.32. The van der Waals surface area contributed by atoms with Crippen molar-refractivity contribution < 1.29 is 24.6 Å². The third-order valence-electron chi connectivity index (χ3n) is 2.70. The van der Waals surface area contributed by atoms with E-state index in [0.717, 1.165) is 13.0 Å². The van der Waals surface area contributed by atoms with Crippen LogP contribution in [0.15, 0.2) is 30.3 Å². The Balaban J connectivity index is 3.21. The number of halogens is 1. The number of hydrogen-bond donors (Lipinski definition) is 2. The number of ketones is 1. The standard InChI is InChI=1S/C14H13ClO5/c1-8(16)12(14(19)20)13(15)10-5-3-2-4-9(10)6-7-11(17)18/h2-7,12-13H,1H3,(H,17,18)(H,19,20)/b7-6+. The molecule has 0 aliphatic rings. The molecule has 0 saturated heterocycles. The molecular weight excluding hydrogens is 284 g/mol. The fourth-order valence-corrected chi connectivity index (χ4v) is 2.24. The fraction of sp³-hybridized carbons (Fsp3) is 0.214. The van der Waals surface area contributed by atoms with E-state index in [9.17, 15) is 14.4 Å². The first-order chi connectivity index (χ1) is 9.34. The van der Waals surface area contributed by atoms with Crippen molar-refractivity contribution in [1.82, 2.24) is 0 Å². The average molecular weight is 297 g/mol. The third-order valence-corrected chi connectivity index (χ3v) is 3.18. The van der Waals surface area contributed by atoms with E-state index in [1.165, 1.54) is 6.08 Å². The highest BCUT2D eigenvalue weighted by atomic mass is 35.5. The molecule has 0 amide bonds. The SMILES string of the molecule is CC(=O)C(C(=O)O)C(Cl)c1ccccc1/C=C/C(=O)O. The summed E-state index contributed by atoms with van der Waals surface area (Å²) in [6.45, 7) is 1.16. The number of benzene rings is 1. The number of rotatable bonds is 6. The van der Waals surface area contributed by atoms with E-state index >= 15 is 0 Å². The average Bonchev–Trinajstić information content (AvgIpc) is 2.35. The molecule has 0 bridgehead atoms. The van der Waals surface area contributed by atoms with Crippen molar-refractivity contribution in [3.8, 4) is 0 Å². The van der Waals surface area contributed by atoms with Crippen molar-refractivity contribution in [2.75, 3.05) is 0 Å². The Morgan fingerprint density at radius 2 is 1.80 bits per heavy atom. The molecule has 20 heavy (non-hydrogen) atoms.